The van der Waals surface area contributed by atoms with Crippen molar-refractivity contribution in [2.75, 3.05) is 20.2 Å². The van der Waals surface area contributed by atoms with E-state index >= 15 is 0 Å². The van der Waals surface area contributed by atoms with Crippen LogP contribution in [0.3, 0.4) is 0 Å². The third-order valence-electron chi connectivity index (χ3n) is 3.21. The molecule has 1 aromatic rings. The molecule has 1 heterocycles. The van der Waals surface area contributed by atoms with Gasteiger partial charge in [0.25, 0.3) is 0 Å². The zero-order chi connectivity index (χ0) is 12.3. The molecule has 100 valence electrons. The number of esters is 1. The van der Waals surface area contributed by atoms with Gasteiger partial charge in [-0.1, -0.05) is 6.07 Å². The van der Waals surface area contributed by atoms with E-state index in [2.05, 4.69) is 10.1 Å². The predicted molar refractivity (Wildman–Crippen MR) is 69.8 cm³/mol. The van der Waals surface area contributed by atoms with Gasteiger partial charge in [-0.25, -0.2) is 9.18 Å². The van der Waals surface area contributed by atoms with Crippen molar-refractivity contribution in [1.82, 2.24) is 5.32 Å². The number of piperidine rings is 1. The van der Waals surface area contributed by atoms with Crippen molar-refractivity contribution in [1.29, 1.82) is 0 Å². The van der Waals surface area contributed by atoms with Gasteiger partial charge in [0.05, 0.1) is 12.7 Å². The highest BCUT2D eigenvalue weighted by molar-refractivity contribution is 5.89. The van der Waals surface area contributed by atoms with Crippen LogP contribution in [0.4, 0.5) is 4.39 Å². The van der Waals surface area contributed by atoms with Crippen LogP contribution in [-0.4, -0.2) is 26.2 Å². The first kappa shape index (κ1) is 14.9. The van der Waals surface area contributed by atoms with Gasteiger partial charge in [0.15, 0.2) is 0 Å². The third-order valence-corrected chi connectivity index (χ3v) is 3.21. The standard InChI is InChI=1S/C13H16FNO2.ClH/c1-17-13(16)11-8-10(2-3-12(11)14)9-4-6-15-7-5-9;/h2-3,8-9,15H,4-7H2,1H3;1H. The van der Waals surface area contributed by atoms with E-state index in [4.69, 9.17) is 0 Å². The van der Waals surface area contributed by atoms with Crippen LogP contribution in [0.5, 0.6) is 0 Å². The number of methoxy groups -OCH3 is 1. The molecule has 0 bridgehead atoms. The minimum atomic E-state index is -0.613. The van der Waals surface area contributed by atoms with Gasteiger partial charge in [-0.15, -0.1) is 12.4 Å². The molecule has 0 amide bonds. The summed E-state index contributed by atoms with van der Waals surface area (Å²) in [5, 5.41) is 3.28. The van der Waals surface area contributed by atoms with Gasteiger partial charge in [-0.2, -0.15) is 0 Å². The number of nitrogens with one attached hydrogen (secondary N) is 1. The SMILES string of the molecule is COC(=O)c1cc(C2CCNCC2)ccc1F.Cl. The van der Waals surface area contributed by atoms with Crippen LogP contribution in [0.2, 0.25) is 0 Å². The summed E-state index contributed by atoms with van der Waals surface area (Å²) in [7, 11) is 1.26. The maximum atomic E-state index is 13.5. The molecule has 0 spiro atoms. The van der Waals surface area contributed by atoms with Gasteiger partial charge in [0.2, 0.25) is 0 Å². The smallest absolute Gasteiger partial charge is 0.340 e. The summed E-state index contributed by atoms with van der Waals surface area (Å²) in [6.45, 7) is 1.94. The van der Waals surface area contributed by atoms with Gasteiger partial charge in [0, 0.05) is 0 Å². The van der Waals surface area contributed by atoms with Crippen molar-refractivity contribution in [3.8, 4) is 0 Å². The molecule has 2 rings (SSSR count). The van der Waals surface area contributed by atoms with E-state index < -0.39 is 11.8 Å². The Morgan fingerprint density at radius 3 is 2.67 bits per heavy atom. The van der Waals surface area contributed by atoms with Gasteiger partial charge in [-0.3, -0.25) is 0 Å². The van der Waals surface area contributed by atoms with Gasteiger partial charge < -0.3 is 10.1 Å². The lowest BCUT2D eigenvalue weighted by Gasteiger charge is -2.23. The molecule has 0 saturated carbocycles. The second-order valence-corrected chi connectivity index (χ2v) is 4.26. The summed E-state index contributed by atoms with van der Waals surface area (Å²) in [6.07, 6.45) is 2.04. The molecule has 1 aliphatic heterocycles. The molecule has 0 atom stereocenters. The predicted octanol–water partition coefficient (Wildman–Crippen LogP) is 2.50. The summed E-state index contributed by atoms with van der Waals surface area (Å²) >= 11 is 0. The number of ether oxygens (including phenoxy) is 1. The Labute approximate surface area is 112 Å². The van der Waals surface area contributed by atoms with E-state index in [0.29, 0.717) is 5.92 Å². The number of carbonyl (C=O) groups excluding carboxylic acids is 1. The van der Waals surface area contributed by atoms with E-state index in [0.717, 1.165) is 31.5 Å². The van der Waals surface area contributed by atoms with Crippen LogP contribution in [-0.2, 0) is 4.74 Å². The average Bonchev–Trinajstić information content (AvgIpc) is 2.39. The molecule has 1 aliphatic rings. The fraction of sp³-hybridized carbons (Fsp3) is 0.462. The maximum absolute atomic E-state index is 13.5. The molecular formula is C13H17ClFNO2. The van der Waals surface area contributed by atoms with Gasteiger partial charge in [0.1, 0.15) is 5.82 Å². The highest BCUT2D eigenvalue weighted by atomic mass is 35.5. The Kier molecular flexibility index (Phi) is 5.56. The van der Waals surface area contributed by atoms with Crippen molar-refractivity contribution in [3.05, 3.63) is 35.1 Å². The second-order valence-electron chi connectivity index (χ2n) is 4.26. The zero-order valence-corrected chi connectivity index (χ0v) is 11.1. The number of rotatable bonds is 2. The quantitative estimate of drug-likeness (QED) is 0.842. The Bertz CT molecular complexity index is 419. The Morgan fingerprint density at radius 2 is 2.06 bits per heavy atom. The summed E-state index contributed by atoms with van der Waals surface area (Å²) in [5.74, 6) is -0.729. The lowest BCUT2D eigenvalue weighted by molar-refractivity contribution is 0.0595. The fourth-order valence-corrected chi connectivity index (χ4v) is 2.22. The second kappa shape index (κ2) is 6.71. The van der Waals surface area contributed by atoms with E-state index in [1.54, 1.807) is 12.1 Å². The Balaban J connectivity index is 0.00000162. The molecule has 5 heteroatoms. The molecule has 3 nitrogen and oxygen atoms in total. The van der Waals surface area contributed by atoms with Crippen molar-refractivity contribution in [2.24, 2.45) is 0 Å². The zero-order valence-electron chi connectivity index (χ0n) is 10.2. The van der Waals surface area contributed by atoms with E-state index in [-0.39, 0.29) is 18.0 Å². The highest BCUT2D eigenvalue weighted by Crippen LogP contribution is 2.26. The van der Waals surface area contributed by atoms with Crippen LogP contribution < -0.4 is 5.32 Å². The number of hydrogen-bond donors (Lipinski definition) is 1. The highest BCUT2D eigenvalue weighted by Gasteiger charge is 2.19. The van der Waals surface area contributed by atoms with Crippen molar-refractivity contribution >= 4 is 18.4 Å². The Hall–Kier alpha value is -1.13. The molecular weight excluding hydrogens is 257 g/mol. The van der Waals surface area contributed by atoms with Crippen LogP contribution in [0.1, 0.15) is 34.7 Å². The van der Waals surface area contributed by atoms with E-state index in [1.165, 1.54) is 13.2 Å². The van der Waals surface area contributed by atoms with Crippen LogP contribution in [0.25, 0.3) is 0 Å². The van der Waals surface area contributed by atoms with E-state index in [1.807, 2.05) is 0 Å². The lowest BCUT2D eigenvalue weighted by atomic mass is 9.89. The summed E-state index contributed by atoms with van der Waals surface area (Å²) in [5.41, 5.74) is 1.05. The number of hydrogen-bond acceptors (Lipinski definition) is 3. The molecule has 1 saturated heterocycles. The first-order valence-electron chi connectivity index (χ1n) is 5.81. The molecule has 0 unspecified atom stereocenters. The van der Waals surface area contributed by atoms with Crippen LogP contribution >= 0.6 is 12.4 Å². The lowest BCUT2D eigenvalue weighted by Crippen LogP contribution is -2.26. The Morgan fingerprint density at radius 1 is 1.39 bits per heavy atom. The monoisotopic (exact) mass is 273 g/mol. The summed E-state index contributed by atoms with van der Waals surface area (Å²) in [4.78, 5) is 11.4. The molecule has 0 radical (unpaired) electrons. The minimum Gasteiger partial charge on any atom is -0.465 e. The van der Waals surface area contributed by atoms with Crippen molar-refractivity contribution < 1.29 is 13.9 Å². The number of carbonyl (C=O) groups is 1. The normalized spacial score (nSPS) is 15.9. The van der Waals surface area contributed by atoms with Gasteiger partial charge in [-0.05, 0) is 49.5 Å². The van der Waals surface area contributed by atoms with Gasteiger partial charge >= 0.3 is 5.97 Å². The molecule has 1 fully saturated rings. The molecule has 1 aromatic carbocycles. The van der Waals surface area contributed by atoms with Crippen molar-refractivity contribution in [2.45, 2.75) is 18.8 Å². The number of halogens is 2. The first-order valence-corrected chi connectivity index (χ1v) is 5.81. The maximum Gasteiger partial charge on any atom is 0.340 e. The average molecular weight is 274 g/mol. The largest absolute Gasteiger partial charge is 0.465 e. The van der Waals surface area contributed by atoms with Crippen LogP contribution in [0, 0.1) is 5.82 Å². The molecule has 0 aliphatic carbocycles. The van der Waals surface area contributed by atoms with Crippen molar-refractivity contribution in [3.63, 3.8) is 0 Å². The first-order chi connectivity index (χ1) is 8.22. The fourth-order valence-electron chi connectivity index (χ4n) is 2.22. The number of benzene rings is 1. The molecule has 18 heavy (non-hydrogen) atoms. The summed E-state index contributed by atoms with van der Waals surface area (Å²) < 4.78 is 18.0. The minimum absolute atomic E-state index is 0. The molecule has 1 N–H and O–H groups in total. The van der Waals surface area contributed by atoms with E-state index in [9.17, 15) is 9.18 Å². The third kappa shape index (κ3) is 3.21. The van der Waals surface area contributed by atoms with Crippen LogP contribution in [0.15, 0.2) is 18.2 Å². The topological polar surface area (TPSA) is 38.3 Å². The summed E-state index contributed by atoms with van der Waals surface area (Å²) in [6, 6.07) is 4.73. The molecule has 0 aromatic heterocycles.